The van der Waals surface area contributed by atoms with Crippen LogP contribution in [0.1, 0.15) is 30.1 Å². The molecule has 1 aliphatic carbocycles. The average molecular weight is 298 g/mol. The highest BCUT2D eigenvalue weighted by molar-refractivity contribution is 5.90. The second-order valence-electron chi connectivity index (χ2n) is 4.80. The number of halogens is 1. The Balaban J connectivity index is 2.19. The minimum atomic E-state index is -1.47. The van der Waals surface area contributed by atoms with Crippen LogP contribution in [0, 0.1) is 15.9 Å². The molecule has 0 heterocycles. The number of nitro groups is 1. The molecule has 2 N–H and O–H groups in total. The van der Waals surface area contributed by atoms with Crippen molar-refractivity contribution >= 4 is 17.3 Å². The lowest BCUT2D eigenvalue weighted by Crippen LogP contribution is -2.41. The van der Waals surface area contributed by atoms with Gasteiger partial charge in [0.1, 0.15) is 11.5 Å². The number of aromatic carboxylic acids is 1. The third-order valence-electron chi connectivity index (χ3n) is 3.37. The van der Waals surface area contributed by atoms with Gasteiger partial charge >= 0.3 is 5.97 Å². The van der Waals surface area contributed by atoms with Crippen LogP contribution in [0.3, 0.4) is 0 Å². The minimum Gasteiger partial charge on any atom is -0.478 e. The van der Waals surface area contributed by atoms with E-state index in [9.17, 15) is 19.3 Å². The fraction of sp³-hybridized carbons (Fsp3) is 0.462. The van der Waals surface area contributed by atoms with E-state index in [1.807, 2.05) is 6.92 Å². The Kier molecular flexibility index (Phi) is 4.37. The Morgan fingerprint density at radius 2 is 2.24 bits per heavy atom. The number of hydrogen-bond donors (Lipinski definition) is 2. The van der Waals surface area contributed by atoms with Crippen molar-refractivity contribution < 1.29 is 24.0 Å². The van der Waals surface area contributed by atoms with Crippen molar-refractivity contribution in [2.45, 2.75) is 31.9 Å². The predicted octanol–water partition coefficient (Wildman–Crippen LogP) is 2.41. The third kappa shape index (κ3) is 3.27. The van der Waals surface area contributed by atoms with Gasteiger partial charge in [0.15, 0.2) is 0 Å². The van der Waals surface area contributed by atoms with Crippen LogP contribution in [0.4, 0.5) is 15.8 Å². The first-order chi connectivity index (χ1) is 9.92. The summed E-state index contributed by atoms with van der Waals surface area (Å²) in [5.41, 5.74) is -1.06. The highest BCUT2D eigenvalue weighted by Crippen LogP contribution is 2.33. The number of nitrogens with zero attached hydrogens (tertiary/aromatic N) is 1. The lowest BCUT2D eigenvalue weighted by atomic mass is 9.89. The van der Waals surface area contributed by atoms with Crippen LogP contribution in [-0.4, -0.2) is 34.8 Å². The maximum atomic E-state index is 13.5. The molecule has 7 nitrogen and oxygen atoms in total. The van der Waals surface area contributed by atoms with Crippen LogP contribution in [-0.2, 0) is 4.74 Å². The van der Waals surface area contributed by atoms with Crippen LogP contribution in [0.2, 0.25) is 0 Å². The van der Waals surface area contributed by atoms with Crippen molar-refractivity contribution in [3.63, 3.8) is 0 Å². The Morgan fingerprint density at radius 3 is 2.76 bits per heavy atom. The number of anilines is 1. The molecule has 1 saturated carbocycles. The van der Waals surface area contributed by atoms with Crippen molar-refractivity contribution in [1.82, 2.24) is 0 Å². The quantitative estimate of drug-likeness (QED) is 0.617. The summed E-state index contributed by atoms with van der Waals surface area (Å²) in [6, 6.07) is 1.54. The molecule has 0 aliphatic heterocycles. The van der Waals surface area contributed by atoms with Crippen molar-refractivity contribution in [3.8, 4) is 0 Å². The smallest absolute Gasteiger partial charge is 0.338 e. The summed E-state index contributed by atoms with van der Waals surface area (Å²) in [5.74, 6) is -2.59. The molecule has 0 spiro atoms. The lowest BCUT2D eigenvalue weighted by Gasteiger charge is -2.35. The number of ether oxygens (including phenoxy) is 1. The predicted molar refractivity (Wildman–Crippen MR) is 72.1 cm³/mol. The van der Waals surface area contributed by atoms with E-state index >= 15 is 0 Å². The topological polar surface area (TPSA) is 102 Å². The molecule has 21 heavy (non-hydrogen) atoms. The molecule has 1 fully saturated rings. The maximum absolute atomic E-state index is 13.5. The van der Waals surface area contributed by atoms with Gasteiger partial charge in [-0.3, -0.25) is 10.1 Å². The zero-order chi connectivity index (χ0) is 15.6. The minimum absolute atomic E-state index is 0.0127. The largest absolute Gasteiger partial charge is 0.478 e. The van der Waals surface area contributed by atoms with Gasteiger partial charge in [0.05, 0.1) is 22.7 Å². The molecule has 1 aliphatic rings. The monoisotopic (exact) mass is 298 g/mol. The highest BCUT2D eigenvalue weighted by atomic mass is 19.1. The van der Waals surface area contributed by atoms with Gasteiger partial charge in [-0.15, -0.1) is 0 Å². The maximum Gasteiger partial charge on any atom is 0.338 e. The van der Waals surface area contributed by atoms with Crippen molar-refractivity contribution in [1.29, 1.82) is 0 Å². The Bertz CT molecular complexity index is 572. The van der Waals surface area contributed by atoms with Crippen LogP contribution in [0.5, 0.6) is 0 Å². The van der Waals surface area contributed by atoms with Gasteiger partial charge in [-0.05, 0) is 25.8 Å². The molecule has 0 aromatic heterocycles. The molecule has 0 unspecified atom stereocenters. The fourth-order valence-corrected chi connectivity index (χ4v) is 2.27. The number of benzene rings is 1. The highest BCUT2D eigenvalue weighted by Gasteiger charge is 2.32. The van der Waals surface area contributed by atoms with Gasteiger partial charge < -0.3 is 15.2 Å². The number of carboxylic acid groups (broad SMARTS) is 1. The molecule has 1 aromatic carbocycles. The molecule has 0 bridgehead atoms. The first-order valence-electron chi connectivity index (χ1n) is 6.51. The number of nitro benzene ring substituents is 1. The van der Waals surface area contributed by atoms with E-state index in [1.165, 1.54) is 0 Å². The van der Waals surface area contributed by atoms with Crippen LogP contribution < -0.4 is 5.32 Å². The summed E-state index contributed by atoms with van der Waals surface area (Å²) in [7, 11) is 0. The summed E-state index contributed by atoms with van der Waals surface area (Å²) in [6.07, 6.45) is 1.45. The van der Waals surface area contributed by atoms with Crippen molar-refractivity contribution in [2.24, 2.45) is 0 Å². The standard InChI is InChI=1S/C13H15FN2O5/c1-2-21-8-3-7(4-8)15-11-5-9(13(17)18)10(14)6-12(11)16(19)20/h5-8,15H,2-4H2,1H3,(H,17,18). The normalized spacial score (nSPS) is 20.7. The van der Waals surface area contributed by atoms with Gasteiger partial charge in [-0.25, -0.2) is 9.18 Å². The zero-order valence-electron chi connectivity index (χ0n) is 11.3. The van der Waals surface area contributed by atoms with Gasteiger partial charge in [-0.2, -0.15) is 0 Å². The van der Waals surface area contributed by atoms with E-state index in [-0.39, 0.29) is 17.8 Å². The van der Waals surface area contributed by atoms with Crippen molar-refractivity contribution in [3.05, 3.63) is 33.6 Å². The molecule has 0 amide bonds. The van der Waals surface area contributed by atoms with E-state index < -0.39 is 28.0 Å². The van der Waals surface area contributed by atoms with E-state index in [2.05, 4.69) is 5.32 Å². The average Bonchev–Trinajstić information content (AvgIpc) is 2.37. The van der Waals surface area contributed by atoms with Crippen LogP contribution >= 0.6 is 0 Å². The summed E-state index contributed by atoms with van der Waals surface area (Å²) in [4.78, 5) is 21.1. The molecule has 8 heteroatoms. The molecule has 0 radical (unpaired) electrons. The molecule has 1 aromatic rings. The van der Waals surface area contributed by atoms with E-state index in [4.69, 9.17) is 9.84 Å². The van der Waals surface area contributed by atoms with E-state index in [0.29, 0.717) is 25.5 Å². The number of carboxylic acids is 1. The number of rotatable bonds is 6. The third-order valence-corrected chi connectivity index (χ3v) is 3.37. The van der Waals surface area contributed by atoms with E-state index in [1.54, 1.807) is 0 Å². The van der Waals surface area contributed by atoms with Crippen molar-refractivity contribution in [2.75, 3.05) is 11.9 Å². The van der Waals surface area contributed by atoms with Gasteiger partial charge in [0.2, 0.25) is 0 Å². The van der Waals surface area contributed by atoms with Crippen LogP contribution in [0.15, 0.2) is 12.1 Å². The molecule has 0 saturated heterocycles. The number of carbonyl (C=O) groups is 1. The lowest BCUT2D eigenvalue weighted by molar-refractivity contribution is -0.384. The van der Waals surface area contributed by atoms with Gasteiger partial charge in [0, 0.05) is 12.6 Å². The molecular formula is C13H15FN2O5. The summed E-state index contributed by atoms with van der Waals surface area (Å²) in [6.45, 7) is 2.47. The van der Waals surface area contributed by atoms with Gasteiger partial charge in [-0.1, -0.05) is 0 Å². The Hall–Kier alpha value is -2.22. The fourth-order valence-electron chi connectivity index (χ4n) is 2.27. The van der Waals surface area contributed by atoms with Crippen LogP contribution in [0.25, 0.3) is 0 Å². The summed E-state index contributed by atoms with van der Waals surface area (Å²) in [5, 5.41) is 22.7. The first kappa shape index (κ1) is 15.2. The van der Waals surface area contributed by atoms with E-state index in [0.717, 1.165) is 6.07 Å². The van der Waals surface area contributed by atoms with Gasteiger partial charge in [0.25, 0.3) is 5.69 Å². The SMILES string of the molecule is CCOC1CC(Nc2cc(C(=O)O)c(F)cc2[N+](=O)[O-])C1. The molecular weight excluding hydrogens is 283 g/mol. The number of nitrogens with one attached hydrogen (secondary N) is 1. The first-order valence-corrected chi connectivity index (χ1v) is 6.51. The number of hydrogen-bond acceptors (Lipinski definition) is 5. The molecule has 114 valence electrons. The summed E-state index contributed by atoms with van der Waals surface area (Å²) >= 11 is 0. The zero-order valence-corrected chi connectivity index (χ0v) is 11.3. The second kappa shape index (κ2) is 6.04. The second-order valence-corrected chi connectivity index (χ2v) is 4.80. The molecule has 2 rings (SSSR count). The molecule has 0 atom stereocenters. The summed E-state index contributed by atoms with van der Waals surface area (Å²) < 4.78 is 18.9. The Labute approximate surface area is 119 Å². The Morgan fingerprint density at radius 1 is 1.57 bits per heavy atom.